The van der Waals surface area contributed by atoms with Crippen LogP contribution in [0.2, 0.25) is 0 Å². The number of aliphatic hydroxyl groups excluding tert-OH is 1. The van der Waals surface area contributed by atoms with Gasteiger partial charge in [0.2, 0.25) is 5.13 Å². The third-order valence-electron chi connectivity index (χ3n) is 6.25. The number of amides is 1. The minimum atomic E-state index is -0.880. The highest BCUT2D eigenvalue weighted by Crippen LogP contribution is 2.45. The van der Waals surface area contributed by atoms with Gasteiger partial charge in [0.15, 0.2) is 15.8 Å². The predicted octanol–water partition coefficient (Wildman–Crippen LogP) is 5.83. The Morgan fingerprint density at radius 1 is 1.00 bits per heavy atom. The summed E-state index contributed by atoms with van der Waals surface area (Å²) in [7, 11) is 0. The van der Waals surface area contributed by atoms with Crippen molar-refractivity contribution < 1.29 is 24.2 Å². The summed E-state index contributed by atoms with van der Waals surface area (Å²) < 4.78 is 12.9. The molecule has 2 aliphatic heterocycles. The maximum Gasteiger partial charge on any atom is 0.301 e. The Balaban J connectivity index is 1.39. The van der Waals surface area contributed by atoms with Gasteiger partial charge in [-0.3, -0.25) is 14.5 Å². The van der Waals surface area contributed by atoms with Crippen molar-refractivity contribution in [3.8, 4) is 11.5 Å². The summed E-state index contributed by atoms with van der Waals surface area (Å²) in [6, 6.07) is 21.5. The van der Waals surface area contributed by atoms with Crippen LogP contribution < -0.4 is 14.4 Å². The lowest BCUT2D eigenvalue weighted by Crippen LogP contribution is -2.29. The van der Waals surface area contributed by atoms with Gasteiger partial charge >= 0.3 is 5.91 Å². The standard InChI is InChI=1S/C28H20IN3O5S2/c29-19-9-6-17(7-10-19)23-22(24(33)18-8-11-20-21(14-18)37-13-12-36-20)25(34)26(35)32(23)27-30-31-28(39-27)38-15-16-4-2-1-3-5-16/h1-11,14,23,33H,12-13,15H2/b24-22+. The lowest BCUT2D eigenvalue weighted by atomic mass is 9.95. The highest BCUT2D eigenvalue weighted by atomic mass is 127. The molecular weight excluding hydrogens is 649 g/mol. The monoisotopic (exact) mass is 669 g/mol. The van der Waals surface area contributed by atoms with Crippen molar-refractivity contribution in [2.45, 2.75) is 16.1 Å². The first-order chi connectivity index (χ1) is 19.0. The van der Waals surface area contributed by atoms with Crippen molar-refractivity contribution >= 4 is 68.3 Å². The molecule has 0 saturated carbocycles. The van der Waals surface area contributed by atoms with Crippen LogP contribution in [0.5, 0.6) is 11.5 Å². The lowest BCUT2D eigenvalue weighted by Gasteiger charge is -2.23. The molecule has 1 N–H and O–H groups in total. The summed E-state index contributed by atoms with van der Waals surface area (Å²) >= 11 is 4.93. The van der Waals surface area contributed by atoms with Crippen molar-refractivity contribution in [2.24, 2.45) is 0 Å². The number of hydrogen-bond donors (Lipinski definition) is 1. The Morgan fingerprint density at radius 3 is 2.51 bits per heavy atom. The molecule has 3 aromatic carbocycles. The number of thioether (sulfide) groups is 1. The molecule has 4 aromatic rings. The first kappa shape index (κ1) is 25.8. The summed E-state index contributed by atoms with van der Waals surface area (Å²) in [6.07, 6.45) is 0. The number of aromatic nitrogens is 2. The molecule has 1 atom stereocenters. The van der Waals surface area contributed by atoms with E-state index < -0.39 is 17.7 Å². The molecule has 0 radical (unpaired) electrons. The number of benzene rings is 3. The topological polar surface area (TPSA) is 102 Å². The van der Waals surface area contributed by atoms with Gasteiger partial charge in [0, 0.05) is 14.9 Å². The Hall–Kier alpha value is -3.42. The number of ketones is 1. The molecule has 196 valence electrons. The molecule has 6 rings (SSSR count). The number of carbonyl (C=O) groups excluding carboxylic acids is 2. The van der Waals surface area contributed by atoms with Crippen LogP contribution in [-0.2, 0) is 15.3 Å². The van der Waals surface area contributed by atoms with Gasteiger partial charge < -0.3 is 14.6 Å². The molecule has 0 aliphatic carbocycles. The number of halogens is 1. The number of ether oxygens (including phenoxy) is 2. The molecule has 11 heteroatoms. The molecule has 0 bridgehead atoms. The van der Waals surface area contributed by atoms with Gasteiger partial charge in [-0.25, -0.2) is 0 Å². The zero-order valence-electron chi connectivity index (χ0n) is 20.2. The zero-order valence-corrected chi connectivity index (χ0v) is 24.0. The van der Waals surface area contributed by atoms with Gasteiger partial charge in [-0.05, 0) is 64.0 Å². The summed E-state index contributed by atoms with van der Waals surface area (Å²) in [6.45, 7) is 0.815. The SMILES string of the molecule is O=C1C(=O)N(c2nnc(SCc3ccccc3)s2)C(c2ccc(I)cc2)/C1=C(\O)c1ccc2c(c1)OCCO2. The van der Waals surface area contributed by atoms with Gasteiger partial charge in [-0.15, -0.1) is 10.2 Å². The van der Waals surface area contributed by atoms with Crippen molar-refractivity contribution in [1.82, 2.24) is 10.2 Å². The first-order valence-corrected chi connectivity index (χ1v) is 14.8. The second kappa shape index (κ2) is 11.0. The van der Waals surface area contributed by atoms with E-state index in [4.69, 9.17) is 9.47 Å². The van der Waals surface area contributed by atoms with Crippen molar-refractivity contribution in [3.63, 3.8) is 0 Å². The molecule has 2 aliphatic rings. The van der Waals surface area contributed by atoms with Crippen molar-refractivity contribution in [2.75, 3.05) is 18.1 Å². The van der Waals surface area contributed by atoms with E-state index in [1.807, 2.05) is 54.6 Å². The van der Waals surface area contributed by atoms with E-state index in [1.54, 1.807) is 18.2 Å². The Bertz CT molecular complexity index is 1590. The van der Waals surface area contributed by atoms with Crippen LogP contribution in [0.25, 0.3) is 5.76 Å². The zero-order chi connectivity index (χ0) is 26.9. The smallest absolute Gasteiger partial charge is 0.301 e. The second-order valence-electron chi connectivity index (χ2n) is 8.70. The Kier molecular flexibility index (Phi) is 7.28. The molecule has 39 heavy (non-hydrogen) atoms. The Morgan fingerprint density at radius 2 is 1.74 bits per heavy atom. The average Bonchev–Trinajstić information content (AvgIpc) is 3.54. The quantitative estimate of drug-likeness (QED) is 0.0684. The maximum atomic E-state index is 13.4. The van der Waals surface area contributed by atoms with Crippen LogP contribution >= 0.6 is 45.7 Å². The van der Waals surface area contributed by atoms with Gasteiger partial charge in [0.25, 0.3) is 5.78 Å². The minimum absolute atomic E-state index is 0.0217. The molecule has 1 fully saturated rings. The third kappa shape index (κ3) is 5.13. The summed E-state index contributed by atoms with van der Waals surface area (Å²) in [5.41, 5.74) is 2.14. The van der Waals surface area contributed by atoms with Crippen LogP contribution in [0.4, 0.5) is 5.13 Å². The number of aliphatic hydroxyl groups is 1. The van der Waals surface area contributed by atoms with E-state index in [2.05, 4.69) is 32.8 Å². The lowest BCUT2D eigenvalue weighted by molar-refractivity contribution is -0.132. The van der Waals surface area contributed by atoms with Crippen molar-refractivity contribution in [3.05, 3.63) is 98.6 Å². The highest BCUT2D eigenvalue weighted by Gasteiger charge is 2.48. The number of rotatable bonds is 6. The maximum absolute atomic E-state index is 13.4. The molecule has 0 spiro atoms. The van der Waals surface area contributed by atoms with E-state index >= 15 is 0 Å². The van der Waals surface area contributed by atoms with Gasteiger partial charge in [0.1, 0.15) is 19.0 Å². The van der Waals surface area contributed by atoms with E-state index in [9.17, 15) is 14.7 Å². The molecule has 1 aromatic heterocycles. The summed E-state index contributed by atoms with van der Waals surface area (Å²) in [4.78, 5) is 28.2. The van der Waals surface area contributed by atoms with Gasteiger partial charge in [-0.1, -0.05) is 65.6 Å². The minimum Gasteiger partial charge on any atom is -0.507 e. The van der Waals surface area contributed by atoms with Crippen molar-refractivity contribution in [1.29, 1.82) is 0 Å². The fraction of sp³-hybridized carbons (Fsp3) is 0.143. The number of anilines is 1. The van der Waals surface area contributed by atoms with Crippen LogP contribution in [0.3, 0.4) is 0 Å². The second-order valence-corrected chi connectivity index (χ2v) is 12.1. The summed E-state index contributed by atoms with van der Waals surface area (Å²) in [5.74, 6) is -0.136. The van der Waals surface area contributed by atoms with Gasteiger partial charge in [0.05, 0.1) is 11.6 Å². The predicted molar refractivity (Wildman–Crippen MR) is 157 cm³/mol. The number of nitrogens with zero attached hydrogens (tertiary/aromatic N) is 3. The van der Waals surface area contributed by atoms with Gasteiger partial charge in [-0.2, -0.15) is 0 Å². The number of fused-ring (bicyclic) bond motifs is 1. The fourth-order valence-corrected chi connectivity index (χ4v) is 6.60. The van der Waals surface area contributed by atoms with Crippen LogP contribution in [0.15, 0.2) is 82.7 Å². The Labute approximate surface area is 245 Å². The van der Waals surface area contributed by atoms with E-state index in [0.29, 0.717) is 45.9 Å². The van der Waals surface area contributed by atoms with Crippen LogP contribution in [-0.4, -0.2) is 40.2 Å². The molecule has 8 nitrogen and oxygen atoms in total. The normalized spacial score (nSPS) is 18.0. The number of hydrogen-bond acceptors (Lipinski definition) is 9. The first-order valence-electron chi connectivity index (χ1n) is 12.0. The highest BCUT2D eigenvalue weighted by molar-refractivity contribution is 14.1. The fourth-order valence-electron chi connectivity index (χ4n) is 4.41. The van der Waals surface area contributed by atoms with E-state index in [0.717, 1.165) is 9.13 Å². The van der Waals surface area contributed by atoms with Crippen LogP contribution in [0, 0.1) is 3.57 Å². The number of carbonyl (C=O) groups is 2. The summed E-state index contributed by atoms with van der Waals surface area (Å²) in [5, 5.41) is 20.3. The largest absolute Gasteiger partial charge is 0.507 e. The van der Waals surface area contributed by atoms with E-state index in [-0.39, 0.29) is 16.5 Å². The molecule has 1 saturated heterocycles. The molecule has 3 heterocycles. The third-order valence-corrected chi connectivity index (χ3v) is 9.10. The average molecular weight is 670 g/mol. The molecule has 1 amide bonds. The van der Waals surface area contributed by atoms with Crippen LogP contribution in [0.1, 0.15) is 22.7 Å². The molecular formula is C28H20IN3O5S2. The number of Topliss-reactive ketones (excluding diaryl/α,β-unsaturated/α-hetero) is 1. The molecule has 1 unspecified atom stereocenters. The van der Waals surface area contributed by atoms with E-state index in [1.165, 1.54) is 28.0 Å².